The van der Waals surface area contributed by atoms with E-state index in [0.717, 1.165) is 11.3 Å². The lowest BCUT2D eigenvalue weighted by Crippen LogP contribution is -2.22. The molecule has 0 aliphatic carbocycles. The van der Waals surface area contributed by atoms with E-state index >= 15 is 0 Å². The van der Waals surface area contributed by atoms with Crippen LogP contribution in [0.1, 0.15) is 22.7 Å². The Balaban J connectivity index is 1.44. The summed E-state index contributed by atoms with van der Waals surface area (Å²) in [5.41, 5.74) is 6.05. The molecule has 0 spiro atoms. The lowest BCUT2D eigenvalue weighted by atomic mass is 10.2. The van der Waals surface area contributed by atoms with E-state index in [1.807, 2.05) is 0 Å². The van der Waals surface area contributed by atoms with Crippen molar-refractivity contribution in [3.8, 4) is 11.3 Å². The number of thiophene rings is 1. The second-order valence-electron chi connectivity index (χ2n) is 5.86. The first-order chi connectivity index (χ1) is 13.9. The van der Waals surface area contributed by atoms with Gasteiger partial charge in [-0.25, -0.2) is 9.37 Å². The molecule has 0 aliphatic heterocycles. The maximum atomic E-state index is 13.0. The van der Waals surface area contributed by atoms with Crippen molar-refractivity contribution in [3.05, 3.63) is 59.2 Å². The van der Waals surface area contributed by atoms with Gasteiger partial charge in [0.05, 0.1) is 18.2 Å². The summed E-state index contributed by atoms with van der Waals surface area (Å²) in [6.45, 7) is -0.499. The SMILES string of the molecule is NC(=O)c1ccsc1NC(=O)COC(=O)CCc1ncc(-c2ccc(F)cc2)o1. The Hall–Kier alpha value is -3.53. The molecule has 3 aromatic rings. The van der Waals surface area contributed by atoms with Crippen LogP contribution in [0.15, 0.2) is 46.3 Å². The molecule has 3 N–H and O–H groups in total. The van der Waals surface area contributed by atoms with Gasteiger partial charge in [-0.15, -0.1) is 11.3 Å². The Morgan fingerprint density at radius 2 is 1.97 bits per heavy atom. The summed E-state index contributed by atoms with van der Waals surface area (Å²) in [6, 6.07) is 7.23. The number of rotatable bonds is 8. The highest BCUT2D eigenvalue weighted by Crippen LogP contribution is 2.23. The third-order valence-corrected chi connectivity index (χ3v) is 4.60. The van der Waals surface area contributed by atoms with Crippen LogP contribution in [0.2, 0.25) is 0 Å². The maximum absolute atomic E-state index is 13.0. The number of oxazole rings is 1. The van der Waals surface area contributed by atoms with Gasteiger partial charge in [-0.2, -0.15) is 0 Å². The smallest absolute Gasteiger partial charge is 0.306 e. The number of halogens is 1. The van der Waals surface area contributed by atoms with Crippen LogP contribution in [0.5, 0.6) is 0 Å². The Bertz CT molecular complexity index is 1030. The number of aryl methyl sites for hydroxylation is 1. The second-order valence-corrected chi connectivity index (χ2v) is 6.78. The molecular weight excluding hydrogens is 401 g/mol. The molecular formula is C19H16FN3O5S. The molecule has 0 unspecified atom stereocenters. The van der Waals surface area contributed by atoms with E-state index in [0.29, 0.717) is 22.2 Å². The number of anilines is 1. The molecule has 2 amide bonds. The standard InChI is InChI=1S/C19H16FN3O5S/c20-12-3-1-11(2-4-12)14-9-22-16(28-14)5-6-17(25)27-10-15(24)23-19-13(18(21)26)7-8-29-19/h1-4,7-9H,5-6,10H2,(H2,21,26)(H,23,24). The number of esters is 1. The van der Waals surface area contributed by atoms with E-state index in [1.54, 1.807) is 17.5 Å². The van der Waals surface area contributed by atoms with E-state index in [1.165, 1.54) is 24.4 Å². The highest BCUT2D eigenvalue weighted by molar-refractivity contribution is 7.14. The van der Waals surface area contributed by atoms with Gasteiger partial charge in [-0.05, 0) is 35.7 Å². The molecule has 8 nitrogen and oxygen atoms in total. The summed E-state index contributed by atoms with van der Waals surface area (Å²) in [7, 11) is 0. The summed E-state index contributed by atoms with van der Waals surface area (Å²) in [4.78, 5) is 39.0. The molecule has 3 rings (SSSR count). The van der Waals surface area contributed by atoms with E-state index in [4.69, 9.17) is 14.9 Å². The van der Waals surface area contributed by atoms with Gasteiger partial charge in [0.1, 0.15) is 10.8 Å². The number of carbonyl (C=O) groups excluding carboxylic acids is 3. The Kier molecular flexibility index (Phi) is 6.35. The van der Waals surface area contributed by atoms with Crippen LogP contribution in [0.3, 0.4) is 0 Å². The summed E-state index contributed by atoms with van der Waals surface area (Å²) in [5, 5.41) is 4.38. The lowest BCUT2D eigenvalue weighted by Gasteiger charge is -2.05. The Labute approximate surface area is 168 Å². The highest BCUT2D eigenvalue weighted by atomic mass is 32.1. The molecule has 0 saturated carbocycles. The number of aromatic nitrogens is 1. The minimum Gasteiger partial charge on any atom is -0.456 e. The Morgan fingerprint density at radius 1 is 1.21 bits per heavy atom. The van der Waals surface area contributed by atoms with Gasteiger partial charge < -0.3 is 20.2 Å². The van der Waals surface area contributed by atoms with E-state index in [9.17, 15) is 18.8 Å². The normalized spacial score (nSPS) is 10.5. The van der Waals surface area contributed by atoms with E-state index < -0.39 is 24.4 Å². The van der Waals surface area contributed by atoms with Gasteiger partial charge in [-0.1, -0.05) is 0 Å². The summed E-state index contributed by atoms with van der Waals surface area (Å²) in [5.74, 6) is -1.44. The quantitative estimate of drug-likeness (QED) is 0.543. The van der Waals surface area contributed by atoms with Crippen LogP contribution in [-0.2, 0) is 20.7 Å². The fourth-order valence-electron chi connectivity index (χ4n) is 2.36. The zero-order chi connectivity index (χ0) is 20.8. The first-order valence-electron chi connectivity index (χ1n) is 8.46. The predicted molar refractivity (Wildman–Crippen MR) is 103 cm³/mol. The van der Waals surface area contributed by atoms with Crippen molar-refractivity contribution in [1.29, 1.82) is 0 Å². The zero-order valence-electron chi connectivity index (χ0n) is 15.0. The van der Waals surface area contributed by atoms with Gasteiger partial charge in [0.25, 0.3) is 11.8 Å². The van der Waals surface area contributed by atoms with Crippen molar-refractivity contribution in [1.82, 2.24) is 4.98 Å². The first kappa shape index (κ1) is 20.2. The number of nitrogens with two attached hydrogens (primary N) is 1. The van der Waals surface area contributed by atoms with Gasteiger partial charge in [-0.3, -0.25) is 14.4 Å². The number of hydrogen-bond donors (Lipinski definition) is 2. The van der Waals surface area contributed by atoms with Crippen molar-refractivity contribution in [2.24, 2.45) is 5.73 Å². The van der Waals surface area contributed by atoms with Crippen LogP contribution in [0.25, 0.3) is 11.3 Å². The molecule has 0 radical (unpaired) electrons. The molecule has 0 saturated heterocycles. The third-order valence-electron chi connectivity index (χ3n) is 3.77. The maximum Gasteiger partial charge on any atom is 0.306 e. The van der Waals surface area contributed by atoms with Gasteiger partial charge >= 0.3 is 5.97 Å². The predicted octanol–water partition coefficient (Wildman–Crippen LogP) is 2.76. The van der Waals surface area contributed by atoms with Crippen LogP contribution in [0, 0.1) is 5.82 Å². The molecule has 29 heavy (non-hydrogen) atoms. The molecule has 2 aromatic heterocycles. The molecule has 0 fully saturated rings. The van der Waals surface area contributed by atoms with Crippen molar-refractivity contribution in [2.75, 3.05) is 11.9 Å². The third kappa shape index (κ3) is 5.48. The minimum absolute atomic E-state index is 0.0395. The summed E-state index contributed by atoms with van der Waals surface area (Å²) >= 11 is 1.13. The van der Waals surface area contributed by atoms with Crippen LogP contribution in [-0.4, -0.2) is 29.4 Å². The fraction of sp³-hybridized carbons (Fsp3) is 0.158. The second kappa shape index (κ2) is 9.11. The van der Waals surface area contributed by atoms with Gasteiger partial charge in [0.2, 0.25) is 0 Å². The van der Waals surface area contributed by atoms with Crippen molar-refractivity contribution >= 4 is 34.1 Å². The number of ether oxygens (including phenoxy) is 1. The number of amides is 2. The average molecular weight is 417 g/mol. The van der Waals surface area contributed by atoms with Crippen molar-refractivity contribution in [3.63, 3.8) is 0 Å². The number of nitrogens with one attached hydrogen (secondary N) is 1. The lowest BCUT2D eigenvalue weighted by molar-refractivity contribution is -0.147. The van der Waals surface area contributed by atoms with Gasteiger partial charge in [0, 0.05) is 12.0 Å². The van der Waals surface area contributed by atoms with Crippen molar-refractivity contribution in [2.45, 2.75) is 12.8 Å². The topological polar surface area (TPSA) is 125 Å². The molecule has 0 bridgehead atoms. The molecule has 10 heteroatoms. The Morgan fingerprint density at radius 3 is 2.69 bits per heavy atom. The van der Waals surface area contributed by atoms with Crippen LogP contribution >= 0.6 is 11.3 Å². The molecule has 1 aromatic carbocycles. The van der Waals surface area contributed by atoms with Crippen molar-refractivity contribution < 1.29 is 27.9 Å². The number of hydrogen-bond acceptors (Lipinski definition) is 7. The zero-order valence-corrected chi connectivity index (χ0v) is 15.8. The largest absolute Gasteiger partial charge is 0.456 e. The number of primary amides is 1. The highest BCUT2D eigenvalue weighted by Gasteiger charge is 2.15. The number of benzene rings is 1. The molecule has 150 valence electrons. The first-order valence-corrected chi connectivity index (χ1v) is 9.34. The summed E-state index contributed by atoms with van der Waals surface area (Å²) < 4.78 is 23.4. The summed E-state index contributed by atoms with van der Waals surface area (Å²) in [6.07, 6.45) is 1.62. The monoisotopic (exact) mass is 417 g/mol. The van der Waals surface area contributed by atoms with Crippen LogP contribution < -0.4 is 11.1 Å². The minimum atomic E-state index is -0.663. The fourth-order valence-corrected chi connectivity index (χ4v) is 3.17. The molecule has 0 aliphatic rings. The average Bonchev–Trinajstić information content (AvgIpc) is 3.35. The molecule has 0 atom stereocenters. The van der Waals surface area contributed by atoms with Crippen LogP contribution in [0.4, 0.5) is 9.39 Å². The number of carbonyl (C=O) groups is 3. The number of nitrogens with zero attached hydrogens (tertiary/aromatic N) is 1. The van der Waals surface area contributed by atoms with E-state index in [2.05, 4.69) is 10.3 Å². The van der Waals surface area contributed by atoms with Gasteiger partial charge in [0.15, 0.2) is 18.3 Å². The van der Waals surface area contributed by atoms with E-state index in [-0.39, 0.29) is 24.2 Å². The molecule has 2 heterocycles.